The summed E-state index contributed by atoms with van der Waals surface area (Å²) in [6.45, 7) is 0. The smallest absolute Gasteiger partial charge is 0.254 e. The van der Waals surface area contributed by atoms with E-state index in [1.165, 1.54) is 16.7 Å². The Balaban J connectivity index is 2.34. The molecule has 1 amide bonds. The molecule has 0 saturated carbocycles. The molecule has 0 heterocycles. The zero-order chi connectivity index (χ0) is 15.4. The van der Waals surface area contributed by atoms with Gasteiger partial charge in [0.15, 0.2) is 0 Å². The third kappa shape index (κ3) is 3.86. The number of nitrogens with zero attached hydrogens (tertiary/aromatic N) is 1. The number of halogens is 1. The van der Waals surface area contributed by atoms with Crippen LogP contribution in [0.1, 0.15) is 20.7 Å². The first-order chi connectivity index (χ1) is 10.0. The maximum Gasteiger partial charge on any atom is 0.254 e. The minimum Gasteiger partial charge on any atom is -0.345 e. The fourth-order valence-corrected chi connectivity index (χ4v) is 2.83. The van der Waals surface area contributed by atoms with Gasteiger partial charge in [0.1, 0.15) is 6.29 Å². The van der Waals surface area contributed by atoms with Gasteiger partial charge in [0.2, 0.25) is 0 Å². The van der Waals surface area contributed by atoms with Crippen LogP contribution in [0.15, 0.2) is 52.3 Å². The fourth-order valence-electron chi connectivity index (χ4n) is 1.74. The summed E-state index contributed by atoms with van der Waals surface area (Å²) in [5, 5.41) is 0.529. The van der Waals surface area contributed by atoms with Crippen molar-refractivity contribution in [2.75, 3.05) is 14.1 Å². The van der Waals surface area contributed by atoms with E-state index in [1.807, 2.05) is 18.2 Å². The van der Waals surface area contributed by atoms with Crippen LogP contribution in [0.5, 0.6) is 0 Å². The molecular formula is C16H14ClNO2S. The minimum atomic E-state index is -0.0930. The van der Waals surface area contributed by atoms with Gasteiger partial charge in [-0.25, -0.2) is 0 Å². The van der Waals surface area contributed by atoms with Crippen molar-refractivity contribution < 1.29 is 9.59 Å². The van der Waals surface area contributed by atoms with Crippen LogP contribution in [0.3, 0.4) is 0 Å². The van der Waals surface area contributed by atoms with Crippen LogP contribution in [0.4, 0.5) is 0 Å². The van der Waals surface area contributed by atoms with Crippen molar-refractivity contribution >= 4 is 35.6 Å². The molecule has 0 aliphatic carbocycles. The van der Waals surface area contributed by atoms with Gasteiger partial charge >= 0.3 is 0 Å². The Labute approximate surface area is 132 Å². The molecule has 0 atom stereocenters. The molecule has 0 saturated heterocycles. The molecule has 2 aromatic carbocycles. The van der Waals surface area contributed by atoms with Gasteiger partial charge in [-0.3, -0.25) is 9.59 Å². The molecule has 5 heteroatoms. The van der Waals surface area contributed by atoms with Gasteiger partial charge in [-0.15, -0.1) is 0 Å². The van der Waals surface area contributed by atoms with Crippen molar-refractivity contribution in [1.82, 2.24) is 4.90 Å². The van der Waals surface area contributed by atoms with Crippen LogP contribution in [0.2, 0.25) is 5.02 Å². The zero-order valence-electron chi connectivity index (χ0n) is 11.7. The molecule has 2 rings (SSSR count). The summed E-state index contributed by atoms with van der Waals surface area (Å²) in [6, 6.07) is 12.5. The lowest BCUT2D eigenvalue weighted by atomic mass is 10.2. The number of carbonyl (C=O) groups is 2. The molecular weight excluding hydrogens is 306 g/mol. The largest absolute Gasteiger partial charge is 0.345 e. The second-order valence-corrected chi connectivity index (χ2v) is 6.18. The highest BCUT2D eigenvalue weighted by Gasteiger charge is 2.15. The molecule has 0 aliphatic heterocycles. The van der Waals surface area contributed by atoms with E-state index in [9.17, 15) is 9.59 Å². The molecule has 0 bridgehead atoms. The summed E-state index contributed by atoms with van der Waals surface area (Å²) >= 11 is 7.46. The molecule has 3 nitrogen and oxygen atoms in total. The Bertz CT molecular complexity index is 668. The first-order valence-electron chi connectivity index (χ1n) is 6.25. The van der Waals surface area contributed by atoms with Crippen molar-refractivity contribution in [3.05, 3.63) is 58.6 Å². The molecule has 0 unspecified atom stereocenters. The Kier molecular flexibility index (Phi) is 5.04. The molecule has 21 heavy (non-hydrogen) atoms. The molecule has 2 aromatic rings. The number of aldehydes is 1. The van der Waals surface area contributed by atoms with E-state index in [4.69, 9.17) is 11.6 Å². The van der Waals surface area contributed by atoms with E-state index in [1.54, 1.807) is 38.4 Å². The van der Waals surface area contributed by atoms with E-state index in [0.29, 0.717) is 16.1 Å². The highest BCUT2D eigenvalue weighted by atomic mass is 35.5. The van der Waals surface area contributed by atoms with E-state index in [-0.39, 0.29) is 5.91 Å². The van der Waals surface area contributed by atoms with Gasteiger partial charge in [-0.2, -0.15) is 0 Å². The van der Waals surface area contributed by atoms with E-state index in [0.717, 1.165) is 16.1 Å². The zero-order valence-corrected chi connectivity index (χ0v) is 13.2. The normalized spacial score (nSPS) is 10.2. The van der Waals surface area contributed by atoms with E-state index in [2.05, 4.69) is 0 Å². The summed E-state index contributed by atoms with van der Waals surface area (Å²) < 4.78 is 0. The van der Waals surface area contributed by atoms with Gasteiger partial charge in [-0.05, 0) is 30.3 Å². The van der Waals surface area contributed by atoms with Crippen LogP contribution in [0.25, 0.3) is 0 Å². The standard InChI is InChI=1S/C16H14ClNO2S/c1-18(2)16(20)14-9-12(17)5-8-15(14)21-13-6-3-11(10-19)4-7-13/h3-10H,1-2H3. The number of benzene rings is 2. The van der Waals surface area contributed by atoms with E-state index >= 15 is 0 Å². The first-order valence-corrected chi connectivity index (χ1v) is 7.45. The average Bonchev–Trinajstić information content (AvgIpc) is 2.49. The Morgan fingerprint density at radius 3 is 2.38 bits per heavy atom. The second kappa shape index (κ2) is 6.78. The van der Waals surface area contributed by atoms with Gasteiger partial charge in [-0.1, -0.05) is 35.5 Å². The lowest BCUT2D eigenvalue weighted by Crippen LogP contribution is -2.22. The van der Waals surface area contributed by atoms with E-state index < -0.39 is 0 Å². The minimum absolute atomic E-state index is 0.0930. The second-order valence-electron chi connectivity index (χ2n) is 4.63. The third-order valence-corrected chi connectivity index (χ3v) is 4.14. The highest BCUT2D eigenvalue weighted by molar-refractivity contribution is 7.99. The lowest BCUT2D eigenvalue weighted by molar-refractivity contribution is 0.0824. The Morgan fingerprint density at radius 2 is 1.81 bits per heavy atom. The van der Waals surface area contributed by atoms with Crippen LogP contribution in [-0.4, -0.2) is 31.2 Å². The fraction of sp³-hybridized carbons (Fsp3) is 0.125. The number of amides is 1. The predicted octanol–water partition coefficient (Wildman–Crippen LogP) is 4.01. The summed E-state index contributed by atoms with van der Waals surface area (Å²) in [5.74, 6) is -0.0930. The molecule has 0 aromatic heterocycles. The Morgan fingerprint density at radius 1 is 1.14 bits per heavy atom. The van der Waals surface area contributed by atoms with Crippen molar-refractivity contribution in [3.63, 3.8) is 0 Å². The maximum absolute atomic E-state index is 12.2. The van der Waals surface area contributed by atoms with Crippen molar-refractivity contribution in [2.45, 2.75) is 9.79 Å². The predicted molar refractivity (Wildman–Crippen MR) is 85.4 cm³/mol. The van der Waals surface area contributed by atoms with Crippen molar-refractivity contribution in [3.8, 4) is 0 Å². The SMILES string of the molecule is CN(C)C(=O)c1cc(Cl)ccc1Sc1ccc(C=O)cc1. The van der Waals surface area contributed by atoms with Crippen LogP contribution in [0, 0.1) is 0 Å². The molecule has 0 N–H and O–H groups in total. The highest BCUT2D eigenvalue weighted by Crippen LogP contribution is 2.32. The summed E-state index contributed by atoms with van der Waals surface area (Å²) in [5.41, 5.74) is 1.19. The van der Waals surface area contributed by atoms with Gasteiger partial charge < -0.3 is 4.90 Å². The van der Waals surface area contributed by atoms with Crippen LogP contribution >= 0.6 is 23.4 Å². The average molecular weight is 320 g/mol. The lowest BCUT2D eigenvalue weighted by Gasteiger charge is -2.14. The molecule has 108 valence electrons. The van der Waals surface area contributed by atoms with Crippen LogP contribution in [-0.2, 0) is 0 Å². The van der Waals surface area contributed by atoms with Crippen LogP contribution < -0.4 is 0 Å². The quantitative estimate of drug-likeness (QED) is 0.799. The molecule has 0 radical (unpaired) electrons. The first kappa shape index (κ1) is 15.6. The summed E-state index contributed by atoms with van der Waals surface area (Å²) in [7, 11) is 3.41. The monoisotopic (exact) mass is 319 g/mol. The summed E-state index contributed by atoms with van der Waals surface area (Å²) in [4.78, 5) is 26.2. The van der Waals surface area contributed by atoms with Gasteiger partial charge in [0.25, 0.3) is 5.91 Å². The van der Waals surface area contributed by atoms with Gasteiger partial charge in [0, 0.05) is 34.5 Å². The molecule has 0 fully saturated rings. The van der Waals surface area contributed by atoms with Crippen molar-refractivity contribution in [2.24, 2.45) is 0 Å². The number of carbonyl (C=O) groups excluding carboxylic acids is 2. The molecule has 0 aliphatic rings. The number of hydrogen-bond donors (Lipinski definition) is 0. The Hall–Kier alpha value is -1.78. The summed E-state index contributed by atoms with van der Waals surface area (Å²) in [6.07, 6.45) is 0.803. The van der Waals surface area contributed by atoms with Gasteiger partial charge in [0.05, 0.1) is 5.56 Å². The number of hydrogen-bond acceptors (Lipinski definition) is 3. The van der Waals surface area contributed by atoms with Crippen molar-refractivity contribution in [1.29, 1.82) is 0 Å². The topological polar surface area (TPSA) is 37.4 Å². The third-order valence-electron chi connectivity index (χ3n) is 2.82. The number of rotatable bonds is 4. The molecule has 0 spiro atoms. The maximum atomic E-state index is 12.2.